The van der Waals surface area contributed by atoms with Crippen molar-refractivity contribution in [3.8, 4) is 11.1 Å². The van der Waals surface area contributed by atoms with Gasteiger partial charge < -0.3 is 0 Å². The average Bonchev–Trinajstić information content (AvgIpc) is 2.67. The molecule has 2 atom stereocenters. The van der Waals surface area contributed by atoms with Gasteiger partial charge in [0.1, 0.15) is 5.25 Å². The summed E-state index contributed by atoms with van der Waals surface area (Å²) in [6.45, 7) is 10.2. The molecule has 1 aliphatic rings. The summed E-state index contributed by atoms with van der Waals surface area (Å²) in [6.07, 6.45) is 0.922. The predicted octanol–water partition coefficient (Wildman–Crippen LogP) is 3.85. The van der Waals surface area contributed by atoms with Crippen LogP contribution in [0.2, 0.25) is 0 Å². The fourth-order valence-electron chi connectivity index (χ4n) is 3.53. The zero-order chi connectivity index (χ0) is 21.2. The van der Waals surface area contributed by atoms with Gasteiger partial charge in [-0.15, -0.1) is 0 Å². The Balaban J connectivity index is 1.93. The van der Waals surface area contributed by atoms with E-state index in [9.17, 15) is 16.8 Å². The number of rotatable bonds is 5. The minimum absolute atomic E-state index is 0.0530. The van der Waals surface area contributed by atoms with Gasteiger partial charge in [-0.25, -0.2) is 26.4 Å². The first kappa shape index (κ1) is 21.5. The molecular weight excluding hydrogens is 408 g/mol. The number of nitrogens with zero attached hydrogens (tertiary/aromatic N) is 1. The Morgan fingerprint density at radius 2 is 1.59 bits per heavy atom. The number of benzene rings is 2. The largest absolute Gasteiger partial charge is 0.238 e. The minimum atomic E-state index is -3.59. The van der Waals surface area contributed by atoms with E-state index in [1.165, 1.54) is 0 Å². The van der Waals surface area contributed by atoms with Gasteiger partial charge in [-0.2, -0.15) is 0 Å². The smallest absolute Gasteiger partial charge is 0.214 e. The van der Waals surface area contributed by atoms with Crippen molar-refractivity contribution >= 4 is 25.5 Å². The molecule has 8 heteroatoms. The summed E-state index contributed by atoms with van der Waals surface area (Å²) >= 11 is 0. The lowest BCUT2D eigenvalue weighted by atomic mass is 9.98. The summed E-state index contributed by atoms with van der Waals surface area (Å²) in [6, 6.07) is 13.7. The number of hydrogen-bond acceptors (Lipinski definition) is 4. The van der Waals surface area contributed by atoms with Crippen molar-refractivity contribution in [2.75, 3.05) is 5.75 Å². The van der Waals surface area contributed by atoms with E-state index in [1.807, 2.05) is 24.3 Å². The van der Waals surface area contributed by atoms with E-state index in [2.05, 4.69) is 9.57 Å². The summed E-state index contributed by atoms with van der Waals surface area (Å²) in [5.74, 6) is 0.0530. The molecule has 1 heterocycles. The quantitative estimate of drug-likeness (QED) is 0.728. The van der Waals surface area contributed by atoms with Crippen LogP contribution < -0.4 is 4.72 Å². The van der Waals surface area contributed by atoms with Crippen LogP contribution in [0, 0.1) is 6.57 Å². The first-order valence-corrected chi connectivity index (χ1v) is 12.7. The second-order valence-corrected chi connectivity index (χ2v) is 12.0. The number of sulfonamides is 1. The van der Waals surface area contributed by atoms with Crippen LogP contribution in [0.1, 0.15) is 37.5 Å². The Kier molecular flexibility index (Phi) is 6.13. The molecule has 2 aromatic rings. The maximum atomic E-state index is 12.8. The van der Waals surface area contributed by atoms with Crippen LogP contribution in [0.3, 0.4) is 0 Å². The van der Waals surface area contributed by atoms with Crippen molar-refractivity contribution in [3.63, 3.8) is 0 Å². The molecule has 6 nitrogen and oxygen atoms in total. The van der Waals surface area contributed by atoms with Crippen LogP contribution in [0.4, 0.5) is 5.69 Å². The Hall–Kier alpha value is -2.21. The summed E-state index contributed by atoms with van der Waals surface area (Å²) in [5.41, 5.74) is 2.96. The third kappa shape index (κ3) is 4.69. The second-order valence-electron chi connectivity index (χ2n) is 7.53. The van der Waals surface area contributed by atoms with E-state index in [1.54, 1.807) is 38.1 Å². The van der Waals surface area contributed by atoms with Crippen LogP contribution in [0.25, 0.3) is 16.0 Å². The van der Waals surface area contributed by atoms with E-state index in [0.717, 1.165) is 11.1 Å². The highest BCUT2D eigenvalue weighted by molar-refractivity contribution is 7.92. The monoisotopic (exact) mass is 432 g/mol. The maximum Gasteiger partial charge on any atom is 0.214 e. The molecule has 0 aliphatic carbocycles. The van der Waals surface area contributed by atoms with Gasteiger partial charge in [0.25, 0.3) is 0 Å². The average molecular weight is 433 g/mol. The topological polar surface area (TPSA) is 84.7 Å². The fourth-order valence-corrected chi connectivity index (χ4v) is 6.67. The molecule has 0 amide bonds. The molecule has 3 rings (SSSR count). The molecule has 1 aliphatic heterocycles. The third-order valence-electron chi connectivity index (χ3n) is 5.20. The fraction of sp³-hybridized carbons (Fsp3) is 0.381. The Labute approximate surface area is 172 Å². The minimum Gasteiger partial charge on any atom is -0.238 e. The third-order valence-corrected chi connectivity index (χ3v) is 9.31. The standard InChI is InChI=1S/C21H24N2O4S2/c1-15(2)29(26,27)23-20-5-4-14-28(24,25)21(20)18-8-6-16(7-9-18)17-10-12-19(22-3)13-11-17/h6-13,15,20-21,23H,4-5,14H2,1-2H3. The van der Waals surface area contributed by atoms with Crippen LogP contribution in [0.5, 0.6) is 0 Å². The van der Waals surface area contributed by atoms with Gasteiger partial charge in [0.2, 0.25) is 10.0 Å². The van der Waals surface area contributed by atoms with Crippen LogP contribution >= 0.6 is 0 Å². The van der Waals surface area contributed by atoms with Crippen LogP contribution in [0.15, 0.2) is 48.5 Å². The summed E-state index contributed by atoms with van der Waals surface area (Å²) in [7, 11) is -7.06. The number of hydrogen-bond donors (Lipinski definition) is 1. The number of nitrogens with one attached hydrogen (secondary N) is 1. The first-order valence-electron chi connectivity index (χ1n) is 9.44. The Morgan fingerprint density at radius 1 is 1.03 bits per heavy atom. The molecule has 154 valence electrons. The predicted molar refractivity (Wildman–Crippen MR) is 115 cm³/mol. The molecule has 29 heavy (non-hydrogen) atoms. The Morgan fingerprint density at radius 3 is 2.10 bits per heavy atom. The maximum absolute atomic E-state index is 12.8. The van der Waals surface area contributed by atoms with Gasteiger partial charge in [-0.1, -0.05) is 48.5 Å². The van der Waals surface area contributed by atoms with Gasteiger partial charge in [0, 0.05) is 6.04 Å². The lowest BCUT2D eigenvalue weighted by Gasteiger charge is -2.32. The number of sulfone groups is 1. The molecule has 0 spiro atoms. The molecule has 0 bridgehead atoms. The Bertz CT molecular complexity index is 1110. The van der Waals surface area contributed by atoms with E-state index < -0.39 is 36.4 Å². The zero-order valence-corrected chi connectivity index (χ0v) is 18.0. The lowest BCUT2D eigenvalue weighted by molar-refractivity contribution is 0.469. The molecule has 1 fully saturated rings. The van der Waals surface area contributed by atoms with Crippen LogP contribution in [-0.4, -0.2) is 33.9 Å². The van der Waals surface area contributed by atoms with Crippen LogP contribution in [-0.2, 0) is 19.9 Å². The van der Waals surface area contributed by atoms with Crippen molar-refractivity contribution in [1.82, 2.24) is 4.72 Å². The highest BCUT2D eigenvalue weighted by atomic mass is 32.2. The van der Waals surface area contributed by atoms with E-state index in [0.29, 0.717) is 24.1 Å². The normalized spacial score (nSPS) is 21.6. The van der Waals surface area contributed by atoms with Gasteiger partial charge in [0.05, 0.1) is 17.6 Å². The molecule has 0 saturated carbocycles. The van der Waals surface area contributed by atoms with Crippen molar-refractivity contribution in [1.29, 1.82) is 0 Å². The van der Waals surface area contributed by atoms with Gasteiger partial charge >= 0.3 is 0 Å². The molecule has 2 unspecified atom stereocenters. The van der Waals surface area contributed by atoms with E-state index in [-0.39, 0.29) is 5.75 Å². The van der Waals surface area contributed by atoms with E-state index in [4.69, 9.17) is 6.57 Å². The molecule has 0 radical (unpaired) electrons. The molecule has 0 aromatic heterocycles. The van der Waals surface area contributed by atoms with Gasteiger partial charge in [0.15, 0.2) is 15.5 Å². The summed E-state index contributed by atoms with van der Waals surface area (Å²) in [5, 5.41) is -1.53. The van der Waals surface area contributed by atoms with Crippen molar-refractivity contribution in [3.05, 3.63) is 65.5 Å². The SMILES string of the molecule is [C-]#[N+]c1ccc(-c2ccc(C3C(NS(=O)(=O)C(C)C)CCCS3(=O)=O)cc2)cc1. The first-order chi connectivity index (χ1) is 13.6. The second kappa shape index (κ2) is 8.27. The zero-order valence-electron chi connectivity index (χ0n) is 16.4. The summed E-state index contributed by atoms with van der Waals surface area (Å²) < 4.78 is 52.9. The van der Waals surface area contributed by atoms with Crippen molar-refractivity contribution < 1.29 is 16.8 Å². The molecule has 2 aromatic carbocycles. The van der Waals surface area contributed by atoms with Crippen molar-refractivity contribution in [2.24, 2.45) is 0 Å². The molecule has 1 saturated heterocycles. The van der Waals surface area contributed by atoms with Crippen molar-refractivity contribution in [2.45, 2.75) is 43.2 Å². The highest BCUT2D eigenvalue weighted by Crippen LogP contribution is 2.35. The van der Waals surface area contributed by atoms with E-state index >= 15 is 0 Å². The molecular formula is C21H24N2O4S2. The van der Waals surface area contributed by atoms with Gasteiger partial charge in [-0.05, 0) is 43.4 Å². The highest BCUT2D eigenvalue weighted by Gasteiger charge is 2.40. The molecule has 1 N–H and O–H groups in total. The summed E-state index contributed by atoms with van der Waals surface area (Å²) in [4.78, 5) is 3.37. The van der Waals surface area contributed by atoms with Gasteiger partial charge in [-0.3, -0.25) is 0 Å². The lowest BCUT2D eigenvalue weighted by Crippen LogP contribution is -2.47.